The summed E-state index contributed by atoms with van der Waals surface area (Å²) in [5.74, 6) is 0. The van der Waals surface area contributed by atoms with Gasteiger partial charge in [0.1, 0.15) is 0 Å². The third kappa shape index (κ3) is 11.9. The van der Waals surface area contributed by atoms with E-state index in [4.69, 9.17) is 0 Å². The standard InChI is InChI=1S/C32H22Br2.C31H18Br4.C31H20Br2/c1-21-16-17-29-28(18-21)31-27(22-8-3-2-4-9-22)14-7-15-30(31)32(29,23-10-5-12-25(33)19-23)24-11-6-13-26(34)20-24;32-22-13-20(14-23(33)17-22)31(21-15-24(34)18-25(35)16-21)28-11-5-4-9-27(28)30-26(10-6-12-29(30)31)19-7-2-1-3-8-19;32-24-13-6-11-22(19-24)31(23-12-7-14-25(33)20-23)28-17-5-4-15-27(28)30-26(16-8-18-29(30)31)21-9-2-1-3-10-21/h2-20H,1H3;1-18H;1-20H. The molecule has 102 heavy (non-hydrogen) atoms. The van der Waals surface area contributed by atoms with Gasteiger partial charge < -0.3 is 0 Å². The van der Waals surface area contributed by atoms with Gasteiger partial charge in [0.05, 0.1) is 16.2 Å². The molecule has 0 atom stereocenters. The normalized spacial score (nSPS) is 13.4. The summed E-state index contributed by atoms with van der Waals surface area (Å²) in [6.07, 6.45) is 0. The summed E-state index contributed by atoms with van der Waals surface area (Å²) in [5, 5.41) is 0. The number of aryl methyl sites for hydroxylation is 1. The van der Waals surface area contributed by atoms with Gasteiger partial charge in [0.2, 0.25) is 0 Å². The lowest BCUT2D eigenvalue weighted by molar-refractivity contribution is 0.765. The van der Waals surface area contributed by atoms with Crippen LogP contribution in [0.15, 0.2) is 382 Å². The number of fused-ring (bicyclic) bond motifs is 9. The molecular formula is C94H60Br8. The summed E-state index contributed by atoms with van der Waals surface area (Å²) in [6.45, 7) is 2.18. The van der Waals surface area contributed by atoms with E-state index < -0.39 is 16.2 Å². The minimum Gasteiger partial charge on any atom is -0.0622 e. The van der Waals surface area contributed by atoms with Crippen molar-refractivity contribution in [3.63, 3.8) is 0 Å². The van der Waals surface area contributed by atoms with E-state index in [9.17, 15) is 0 Å². The predicted octanol–water partition coefficient (Wildman–Crippen LogP) is 29.6. The number of hydrogen-bond donors (Lipinski definition) is 0. The lowest BCUT2D eigenvalue weighted by atomic mass is 9.67. The predicted molar refractivity (Wildman–Crippen MR) is 454 cm³/mol. The van der Waals surface area contributed by atoms with Crippen LogP contribution in [0.3, 0.4) is 0 Å². The highest BCUT2D eigenvalue weighted by Crippen LogP contribution is 2.63. The van der Waals surface area contributed by atoms with Crippen molar-refractivity contribution in [1.82, 2.24) is 0 Å². The molecule has 0 unspecified atom stereocenters. The Morgan fingerprint density at radius 3 is 0.765 bits per heavy atom. The van der Waals surface area contributed by atoms with E-state index in [1.54, 1.807) is 0 Å². The molecule has 0 aromatic heterocycles. The van der Waals surface area contributed by atoms with Crippen LogP contribution < -0.4 is 0 Å². The number of benzene rings is 15. The molecular weight excluding hydrogens is 1770 g/mol. The van der Waals surface area contributed by atoms with Gasteiger partial charge in [-0.3, -0.25) is 0 Å². The van der Waals surface area contributed by atoms with Crippen molar-refractivity contribution in [3.8, 4) is 66.8 Å². The minimum absolute atomic E-state index is 0.412. The van der Waals surface area contributed by atoms with Crippen molar-refractivity contribution in [1.29, 1.82) is 0 Å². The third-order valence-corrected chi connectivity index (χ3v) is 24.1. The first-order valence-electron chi connectivity index (χ1n) is 33.6. The molecule has 492 valence electrons. The van der Waals surface area contributed by atoms with E-state index in [0.717, 1.165) is 35.8 Å². The summed E-state index contributed by atoms with van der Waals surface area (Å²) in [5.41, 5.74) is 30.6. The van der Waals surface area contributed by atoms with Gasteiger partial charge in [0, 0.05) is 35.8 Å². The van der Waals surface area contributed by atoms with Crippen LogP contribution in [-0.4, -0.2) is 0 Å². The lowest BCUT2D eigenvalue weighted by Gasteiger charge is -2.34. The lowest BCUT2D eigenvalue weighted by Crippen LogP contribution is -2.28. The molecule has 8 heteroatoms. The van der Waals surface area contributed by atoms with Crippen molar-refractivity contribution < 1.29 is 0 Å². The average molecular weight is 1830 g/mol. The Labute approximate surface area is 664 Å². The zero-order valence-electron chi connectivity index (χ0n) is 54.9. The largest absolute Gasteiger partial charge is 0.0715 e. The number of halogens is 8. The van der Waals surface area contributed by atoms with E-state index in [2.05, 4.69) is 480 Å². The van der Waals surface area contributed by atoms with E-state index in [1.807, 2.05) is 0 Å². The molecule has 15 aromatic rings. The fraction of sp³-hybridized carbons (Fsp3) is 0.0426. The average Bonchev–Trinajstić information content (AvgIpc) is 1.53. The highest BCUT2D eigenvalue weighted by molar-refractivity contribution is 9.12. The Kier molecular flexibility index (Phi) is 19.3. The second kappa shape index (κ2) is 28.6. The van der Waals surface area contributed by atoms with Gasteiger partial charge in [0.25, 0.3) is 0 Å². The zero-order chi connectivity index (χ0) is 69.9. The maximum atomic E-state index is 3.77. The van der Waals surface area contributed by atoms with Crippen molar-refractivity contribution in [3.05, 3.63) is 454 Å². The van der Waals surface area contributed by atoms with Crippen molar-refractivity contribution in [2.24, 2.45) is 0 Å². The van der Waals surface area contributed by atoms with Crippen LogP contribution in [0.1, 0.15) is 72.3 Å². The third-order valence-electron chi connectivity index (χ3n) is 20.3. The maximum Gasteiger partial charge on any atom is 0.0715 e. The van der Waals surface area contributed by atoms with Crippen LogP contribution in [0.25, 0.3) is 66.8 Å². The quantitative estimate of drug-likeness (QED) is 0.135. The Morgan fingerprint density at radius 2 is 0.431 bits per heavy atom. The molecule has 18 rings (SSSR count). The maximum absolute atomic E-state index is 3.77. The van der Waals surface area contributed by atoms with Gasteiger partial charge in [-0.25, -0.2) is 0 Å². The van der Waals surface area contributed by atoms with Crippen LogP contribution in [0.2, 0.25) is 0 Å². The number of rotatable bonds is 9. The molecule has 3 aliphatic rings. The van der Waals surface area contributed by atoms with Gasteiger partial charge in [-0.2, -0.15) is 0 Å². The molecule has 3 aliphatic carbocycles. The molecule has 0 fully saturated rings. The molecule has 0 heterocycles. The molecule has 0 spiro atoms. The van der Waals surface area contributed by atoms with E-state index in [-0.39, 0.29) is 0 Å². The topological polar surface area (TPSA) is 0 Å². The van der Waals surface area contributed by atoms with Crippen LogP contribution in [-0.2, 0) is 16.2 Å². The second-order valence-electron chi connectivity index (χ2n) is 26.0. The molecule has 0 amide bonds. The summed E-state index contributed by atoms with van der Waals surface area (Å²) < 4.78 is 8.50. The van der Waals surface area contributed by atoms with Gasteiger partial charge in [-0.05, 0) is 225 Å². The molecule has 0 bridgehead atoms. The van der Waals surface area contributed by atoms with Gasteiger partial charge >= 0.3 is 0 Å². The molecule has 15 aromatic carbocycles. The first-order valence-corrected chi connectivity index (χ1v) is 40.0. The molecule has 0 radical (unpaired) electrons. The van der Waals surface area contributed by atoms with Crippen molar-refractivity contribution in [2.45, 2.75) is 23.2 Å². The summed E-state index contributed by atoms with van der Waals surface area (Å²) in [6, 6.07) is 125. The summed E-state index contributed by atoms with van der Waals surface area (Å²) >= 11 is 30.1. The fourth-order valence-corrected chi connectivity index (χ4v) is 20.7. The zero-order valence-corrected chi connectivity index (χ0v) is 67.6. The smallest absolute Gasteiger partial charge is 0.0622 e. The molecule has 0 saturated carbocycles. The minimum atomic E-state index is -0.491. The summed E-state index contributed by atoms with van der Waals surface area (Å²) in [4.78, 5) is 0. The van der Waals surface area contributed by atoms with Crippen LogP contribution in [0.5, 0.6) is 0 Å². The van der Waals surface area contributed by atoms with Gasteiger partial charge in [0.15, 0.2) is 0 Å². The molecule has 0 nitrogen and oxygen atoms in total. The fourth-order valence-electron chi connectivity index (χ4n) is 16.5. The Hall–Kier alpha value is -7.86. The molecule has 0 N–H and O–H groups in total. The Morgan fingerprint density at radius 1 is 0.176 bits per heavy atom. The monoisotopic (exact) mass is 1820 g/mol. The van der Waals surface area contributed by atoms with E-state index in [1.165, 1.54) is 139 Å². The van der Waals surface area contributed by atoms with Gasteiger partial charge in [-0.1, -0.05) is 394 Å². The first-order chi connectivity index (χ1) is 49.8. The molecule has 0 saturated heterocycles. The van der Waals surface area contributed by atoms with E-state index >= 15 is 0 Å². The molecule has 0 aliphatic heterocycles. The highest BCUT2D eigenvalue weighted by Gasteiger charge is 2.50. The van der Waals surface area contributed by atoms with Crippen LogP contribution in [0.4, 0.5) is 0 Å². The Bertz CT molecular complexity index is 5540. The Balaban J connectivity index is 0.000000118. The van der Waals surface area contributed by atoms with Crippen molar-refractivity contribution >= 4 is 127 Å². The summed E-state index contributed by atoms with van der Waals surface area (Å²) in [7, 11) is 0. The van der Waals surface area contributed by atoms with E-state index in [0.29, 0.717) is 0 Å². The number of hydrogen-bond acceptors (Lipinski definition) is 0. The highest BCUT2D eigenvalue weighted by atomic mass is 79.9. The van der Waals surface area contributed by atoms with Gasteiger partial charge in [-0.15, -0.1) is 0 Å². The SMILES string of the molecule is Brc1cc(Br)cc(C2(c3cc(Br)cc(Br)c3)c3ccccc3-c3c(-c4ccccc4)cccc32)c1.Brc1cccc(C2(c3cccc(Br)c3)c3ccccc3-c3c(-c4ccccc4)cccc32)c1.Cc1ccc2c(c1)-c1c(-c3ccccc3)cccc1C2(c1cccc(Br)c1)c1cccc(Br)c1. The van der Waals surface area contributed by atoms with Crippen molar-refractivity contribution in [2.75, 3.05) is 0 Å². The first kappa shape index (κ1) is 68.6. The second-order valence-corrected chi connectivity index (χ2v) is 33.4. The van der Waals surface area contributed by atoms with Crippen LogP contribution in [0, 0.1) is 6.92 Å². The van der Waals surface area contributed by atoms with Crippen LogP contribution >= 0.6 is 127 Å².